The number of phenolic OH excluding ortho intramolecular Hbond substituents is 1. The van der Waals surface area contributed by atoms with Crippen LogP contribution in [-0.2, 0) is 0 Å². The smallest absolute Gasteiger partial charge is 0.166 e. The predicted octanol–water partition coefficient (Wildman–Crippen LogP) is 3.69. The lowest BCUT2D eigenvalue weighted by molar-refractivity contribution is 0.432. The molecule has 1 heterocycles. The molecule has 90 valence electrons. The van der Waals surface area contributed by atoms with E-state index >= 15 is 0 Å². The third kappa shape index (κ3) is 2.58. The molecule has 0 spiro atoms. The third-order valence-corrected chi connectivity index (χ3v) is 2.58. The maximum atomic E-state index is 13.2. The number of anilines is 1. The van der Waals surface area contributed by atoms with Crippen molar-refractivity contribution in [2.75, 3.05) is 5.32 Å². The molecule has 0 aliphatic heterocycles. The summed E-state index contributed by atoms with van der Waals surface area (Å²) >= 11 is 0. The summed E-state index contributed by atoms with van der Waals surface area (Å²) in [7, 11) is 0. The molecule has 17 heavy (non-hydrogen) atoms. The molecule has 1 unspecified atom stereocenters. The van der Waals surface area contributed by atoms with Gasteiger partial charge in [0.05, 0.1) is 12.3 Å². The molecule has 0 aliphatic rings. The fraction of sp³-hybridized carbons (Fsp3) is 0.231. The van der Waals surface area contributed by atoms with Crippen LogP contribution in [0.4, 0.5) is 10.1 Å². The molecule has 4 heteroatoms. The van der Waals surface area contributed by atoms with Gasteiger partial charge in [-0.05, 0) is 30.7 Å². The highest BCUT2D eigenvalue weighted by Gasteiger charge is 2.12. The summed E-state index contributed by atoms with van der Waals surface area (Å²) in [6, 6.07) is 7.90. The number of aromatic hydroxyl groups is 1. The summed E-state index contributed by atoms with van der Waals surface area (Å²) in [4.78, 5) is 0. The molecule has 2 N–H and O–H groups in total. The van der Waals surface area contributed by atoms with Crippen LogP contribution in [0.25, 0.3) is 0 Å². The topological polar surface area (TPSA) is 45.4 Å². The van der Waals surface area contributed by atoms with Crippen LogP contribution < -0.4 is 5.32 Å². The highest BCUT2D eigenvalue weighted by atomic mass is 19.1. The minimum Gasteiger partial charge on any atom is -0.505 e. The van der Waals surface area contributed by atoms with Gasteiger partial charge in [-0.25, -0.2) is 4.39 Å². The summed E-state index contributed by atoms with van der Waals surface area (Å²) < 4.78 is 18.5. The molecule has 2 aromatic rings. The quantitative estimate of drug-likeness (QED) is 0.794. The third-order valence-electron chi connectivity index (χ3n) is 2.58. The Labute approximate surface area is 98.9 Å². The lowest BCUT2D eigenvalue weighted by atomic mass is 10.1. The molecule has 0 saturated carbocycles. The first-order valence-corrected chi connectivity index (χ1v) is 5.49. The van der Waals surface area contributed by atoms with Crippen molar-refractivity contribution in [2.24, 2.45) is 0 Å². The lowest BCUT2D eigenvalue weighted by Crippen LogP contribution is -2.08. The molecule has 3 nitrogen and oxygen atoms in total. The zero-order valence-electron chi connectivity index (χ0n) is 9.48. The Morgan fingerprint density at radius 3 is 2.82 bits per heavy atom. The van der Waals surface area contributed by atoms with E-state index in [9.17, 15) is 4.39 Å². The molecule has 2 rings (SSSR count). The number of furan rings is 1. The summed E-state index contributed by atoms with van der Waals surface area (Å²) in [5, 5.41) is 12.3. The van der Waals surface area contributed by atoms with Crippen LogP contribution in [0.2, 0.25) is 0 Å². The summed E-state index contributed by atoms with van der Waals surface area (Å²) in [5.41, 5.74) is 0.614. The maximum absolute atomic E-state index is 13.2. The van der Waals surface area contributed by atoms with E-state index in [1.54, 1.807) is 12.3 Å². The first-order valence-electron chi connectivity index (χ1n) is 5.49. The van der Waals surface area contributed by atoms with E-state index < -0.39 is 5.82 Å². The standard InChI is InChI=1S/C13H14FNO2/c1-2-11(13-4-3-7-17-13)15-9-5-6-12(16)10(14)8-9/h3-8,11,15-16H,2H2,1H3. The van der Waals surface area contributed by atoms with Gasteiger partial charge < -0.3 is 14.8 Å². The largest absolute Gasteiger partial charge is 0.505 e. The number of hydrogen-bond donors (Lipinski definition) is 2. The van der Waals surface area contributed by atoms with E-state index in [2.05, 4.69) is 5.32 Å². The van der Waals surface area contributed by atoms with Crippen molar-refractivity contribution in [3.63, 3.8) is 0 Å². The lowest BCUT2D eigenvalue weighted by Gasteiger charge is -2.16. The van der Waals surface area contributed by atoms with Crippen LogP contribution in [0.15, 0.2) is 41.0 Å². The monoisotopic (exact) mass is 235 g/mol. The van der Waals surface area contributed by atoms with E-state index in [0.29, 0.717) is 5.69 Å². The number of halogens is 1. The van der Waals surface area contributed by atoms with E-state index in [0.717, 1.165) is 12.2 Å². The predicted molar refractivity (Wildman–Crippen MR) is 63.4 cm³/mol. The van der Waals surface area contributed by atoms with Crippen molar-refractivity contribution in [2.45, 2.75) is 19.4 Å². The van der Waals surface area contributed by atoms with Crippen molar-refractivity contribution in [3.8, 4) is 5.75 Å². The van der Waals surface area contributed by atoms with E-state index in [-0.39, 0.29) is 11.8 Å². The number of rotatable bonds is 4. The Balaban J connectivity index is 2.16. The van der Waals surface area contributed by atoms with Crippen LogP contribution >= 0.6 is 0 Å². The number of benzene rings is 1. The first-order chi connectivity index (χ1) is 8.20. The van der Waals surface area contributed by atoms with Gasteiger partial charge in [0.1, 0.15) is 5.76 Å². The molecule has 0 amide bonds. The van der Waals surface area contributed by atoms with Crippen molar-refractivity contribution >= 4 is 5.69 Å². The second-order valence-electron chi connectivity index (χ2n) is 3.79. The molecule has 0 fully saturated rings. The number of phenols is 1. The van der Waals surface area contributed by atoms with Gasteiger partial charge in [0.2, 0.25) is 0 Å². The summed E-state index contributed by atoms with van der Waals surface area (Å²) in [5.74, 6) is -0.174. The Kier molecular flexibility index (Phi) is 3.32. The van der Waals surface area contributed by atoms with Crippen LogP contribution in [0.5, 0.6) is 5.75 Å². The Morgan fingerprint density at radius 1 is 1.41 bits per heavy atom. The second kappa shape index (κ2) is 4.91. The first kappa shape index (κ1) is 11.5. The summed E-state index contributed by atoms with van der Waals surface area (Å²) in [6.45, 7) is 2.01. The number of nitrogens with one attached hydrogen (secondary N) is 1. The van der Waals surface area contributed by atoms with Gasteiger partial charge in [-0.1, -0.05) is 6.92 Å². The molecule has 0 saturated heterocycles. The fourth-order valence-corrected chi connectivity index (χ4v) is 1.66. The Morgan fingerprint density at radius 2 is 2.24 bits per heavy atom. The van der Waals surface area contributed by atoms with Gasteiger partial charge in [0, 0.05) is 11.8 Å². The molecule has 1 aromatic carbocycles. The molecule has 1 atom stereocenters. The summed E-state index contributed by atoms with van der Waals surface area (Å²) in [6.07, 6.45) is 2.42. The molecule has 0 aliphatic carbocycles. The maximum Gasteiger partial charge on any atom is 0.166 e. The number of hydrogen-bond acceptors (Lipinski definition) is 3. The van der Waals surface area contributed by atoms with Gasteiger partial charge in [0.15, 0.2) is 11.6 Å². The molecular weight excluding hydrogens is 221 g/mol. The zero-order chi connectivity index (χ0) is 12.3. The van der Waals surface area contributed by atoms with Crippen molar-refractivity contribution in [1.29, 1.82) is 0 Å². The minimum absolute atomic E-state index is 0.00561. The van der Waals surface area contributed by atoms with Crippen LogP contribution in [0.1, 0.15) is 25.1 Å². The minimum atomic E-state index is -0.635. The van der Waals surface area contributed by atoms with E-state index in [4.69, 9.17) is 9.52 Å². The Bertz CT molecular complexity index is 482. The highest BCUT2D eigenvalue weighted by Crippen LogP contribution is 2.25. The SMILES string of the molecule is CCC(Nc1ccc(O)c(F)c1)c1ccco1. The fourth-order valence-electron chi connectivity index (χ4n) is 1.66. The van der Waals surface area contributed by atoms with E-state index in [1.807, 2.05) is 19.1 Å². The van der Waals surface area contributed by atoms with Crippen LogP contribution in [-0.4, -0.2) is 5.11 Å². The van der Waals surface area contributed by atoms with Crippen LogP contribution in [0, 0.1) is 5.82 Å². The zero-order valence-corrected chi connectivity index (χ0v) is 9.48. The van der Waals surface area contributed by atoms with Crippen molar-refractivity contribution in [3.05, 3.63) is 48.2 Å². The van der Waals surface area contributed by atoms with Gasteiger partial charge in [-0.3, -0.25) is 0 Å². The van der Waals surface area contributed by atoms with Gasteiger partial charge in [-0.2, -0.15) is 0 Å². The normalized spacial score (nSPS) is 12.4. The Hall–Kier alpha value is -1.97. The van der Waals surface area contributed by atoms with Crippen molar-refractivity contribution in [1.82, 2.24) is 0 Å². The molecule has 1 aromatic heterocycles. The average Bonchev–Trinajstić information content (AvgIpc) is 2.84. The van der Waals surface area contributed by atoms with Crippen molar-refractivity contribution < 1.29 is 13.9 Å². The van der Waals surface area contributed by atoms with Gasteiger partial charge >= 0.3 is 0 Å². The van der Waals surface area contributed by atoms with Gasteiger partial charge in [-0.15, -0.1) is 0 Å². The second-order valence-corrected chi connectivity index (χ2v) is 3.79. The molecule has 0 bridgehead atoms. The van der Waals surface area contributed by atoms with E-state index in [1.165, 1.54) is 12.1 Å². The molecular formula is C13H14FNO2. The highest BCUT2D eigenvalue weighted by molar-refractivity contribution is 5.48. The average molecular weight is 235 g/mol. The van der Waals surface area contributed by atoms with Crippen LogP contribution in [0.3, 0.4) is 0 Å². The van der Waals surface area contributed by atoms with Gasteiger partial charge in [0.25, 0.3) is 0 Å². The molecule has 0 radical (unpaired) electrons.